The van der Waals surface area contributed by atoms with Crippen LogP contribution in [0.1, 0.15) is 43.6 Å². The molecule has 4 atom stereocenters. The molecule has 4 aromatic heterocycles. The summed E-state index contributed by atoms with van der Waals surface area (Å²) < 4.78 is 18.7. The van der Waals surface area contributed by atoms with Crippen LogP contribution in [0.5, 0.6) is 0 Å². The number of thiazole rings is 1. The minimum absolute atomic E-state index is 0.0297. The van der Waals surface area contributed by atoms with Crippen LogP contribution in [0.15, 0.2) is 34.3 Å². The van der Waals surface area contributed by atoms with Gasteiger partial charge < -0.3 is 29.6 Å². The first-order valence-electron chi connectivity index (χ1n) is 13.0. The van der Waals surface area contributed by atoms with Crippen LogP contribution in [-0.2, 0) is 22.4 Å². The third-order valence-corrected chi connectivity index (χ3v) is 7.96. The van der Waals surface area contributed by atoms with E-state index in [0.717, 1.165) is 33.8 Å². The van der Waals surface area contributed by atoms with Crippen LogP contribution < -0.4 is 10.6 Å². The van der Waals surface area contributed by atoms with Gasteiger partial charge in [0.25, 0.3) is 0 Å². The molecule has 1 saturated carbocycles. The fourth-order valence-corrected chi connectivity index (χ4v) is 5.99. The number of aliphatic hydroxyl groups is 1. The largest absolute Gasteiger partial charge is 0.454 e. The first kappa shape index (κ1) is 25.2. The third-order valence-electron chi connectivity index (χ3n) is 7.18. The van der Waals surface area contributed by atoms with Gasteiger partial charge >= 0.3 is 0 Å². The SMILES string of the molecule is CCc1cc2cc(-c3c(C)nc(NCc4nccs4)nc3NC3C[C@H](CO)[C@H]4OC(C)(C)O[C@@H]34)oc2cn1. The molecular weight excluding hydrogens is 504 g/mol. The van der Waals surface area contributed by atoms with E-state index in [1.807, 2.05) is 32.2 Å². The Labute approximate surface area is 224 Å². The lowest BCUT2D eigenvalue weighted by Crippen LogP contribution is -2.35. The number of anilines is 2. The van der Waals surface area contributed by atoms with E-state index < -0.39 is 5.79 Å². The summed E-state index contributed by atoms with van der Waals surface area (Å²) in [5.74, 6) is 1.05. The van der Waals surface area contributed by atoms with E-state index in [2.05, 4.69) is 33.6 Å². The lowest BCUT2D eigenvalue weighted by molar-refractivity contribution is -0.158. The maximum atomic E-state index is 10.0. The summed E-state index contributed by atoms with van der Waals surface area (Å²) in [6.07, 6.45) is 4.68. The number of aromatic nitrogens is 4. The molecule has 2 aliphatic rings. The quantitative estimate of drug-likeness (QED) is 0.295. The van der Waals surface area contributed by atoms with Gasteiger partial charge in [-0.3, -0.25) is 4.98 Å². The monoisotopic (exact) mass is 536 g/mol. The molecule has 0 spiro atoms. The van der Waals surface area contributed by atoms with Gasteiger partial charge in [0, 0.05) is 35.2 Å². The fourth-order valence-electron chi connectivity index (χ4n) is 5.44. The normalized spacial score (nSPS) is 24.1. The van der Waals surface area contributed by atoms with E-state index in [-0.39, 0.29) is 30.8 Å². The molecule has 1 unspecified atom stereocenters. The molecule has 11 heteroatoms. The molecule has 2 fully saturated rings. The van der Waals surface area contributed by atoms with E-state index >= 15 is 0 Å². The van der Waals surface area contributed by atoms with Crippen molar-refractivity contribution >= 4 is 34.1 Å². The van der Waals surface area contributed by atoms with Gasteiger partial charge in [-0.1, -0.05) is 6.92 Å². The molecule has 0 aromatic carbocycles. The number of nitrogens with zero attached hydrogens (tertiary/aromatic N) is 4. The van der Waals surface area contributed by atoms with Crippen LogP contribution in [0, 0.1) is 12.8 Å². The molecule has 0 bridgehead atoms. The number of hydrogen-bond acceptors (Lipinski definition) is 11. The third kappa shape index (κ3) is 4.75. The average molecular weight is 537 g/mol. The van der Waals surface area contributed by atoms with Crippen molar-refractivity contribution in [3.8, 4) is 11.3 Å². The van der Waals surface area contributed by atoms with Crippen molar-refractivity contribution in [1.82, 2.24) is 19.9 Å². The molecule has 1 aliphatic carbocycles. The van der Waals surface area contributed by atoms with Gasteiger partial charge in [-0.25, -0.2) is 9.97 Å². The van der Waals surface area contributed by atoms with Gasteiger partial charge in [-0.2, -0.15) is 4.98 Å². The summed E-state index contributed by atoms with van der Waals surface area (Å²) in [7, 11) is 0. The second-order valence-electron chi connectivity index (χ2n) is 10.3. The fraction of sp³-hybridized carbons (Fsp3) is 0.481. The highest BCUT2D eigenvalue weighted by Crippen LogP contribution is 2.43. The van der Waals surface area contributed by atoms with Crippen molar-refractivity contribution in [2.45, 2.75) is 71.1 Å². The van der Waals surface area contributed by atoms with Crippen LogP contribution in [-0.4, -0.2) is 55.7 Å². The maximum absolute atomic E-state index is 10.0. The van der Waals surface area contributed by atoms with Crippen molar-refractivity contribution in [3.05, 3.63) is 46.3 Å². The zero-order valence-corrected chi connectivity index (χ0v) is 22.7. The molecule has 4 aromatic rings. The number of ether oxygens (including phenoxy) is 2. The Morgan fingerprint density at radius 3 is 2.76 bits per heavy atom. The summed E-state index contributed by atoms with van der Waals surface area (Å²) >= 11 is 1.58. The summed E-state index contributed by atoms with van der Waals surface area (Å²) in [5.41, 5.74) is 3.26. The molecule has 3 N–H and O–H groups in total. The minimum Gasteiger partial charge on any atom is -0.454 e. The highest BCUT2D eigenvalue weighted by Gasteiger charge is 2.54. The Bertz CT molecular complexity index is 1440. The molecule has 0 radical (unpaired) electrons. The van der Waals surface area contributed by atoms with Gasteiger partial charge in [0.2, 0.25) is 5.95 Å². The lowest BCUT2D eigenvalue weighted by atomic mass is 10.1. The number of pyridine rings is 1. The van der Waals surface area contributed by atoms with Crippen molar-refractivity contribution < 1.29 is 19.0 Å². The molecule has 1 saturated heterocycles. The predicted molar refractivity (Wildman–Crippen MR) is 145 cm³/mol. The van der Waals surface area contributed by atoms with Crippen LogP contribution >= 0.6 is 11.3 Å². The number of aliphatic hydroxyl groups excluding tert-OH is 1. The van der Waals surface area contributed by atoms with Crippen molar-refractivity contribution in [3.63, 3.8) is 0 Å². The van der Waals surface area contributed by atoms with Gasteiger partial charge in [-0.15, -0.1) is 11.3 Å². The molecule has 6 rings (SSSR count). The van der Waals surface area contributed by atoms with E-state index in [4.69, 9.17) is 23.9 Å². The second-order valence-corrected chi connectivity index (χ2v) is 11.3. The number of hydrogen-bond donors (Lipinski definition) is 3. The molecule has 200 valence electrons. The minimum atomic E-state index is -0.712. The number of rotatable bonds is 8. The first-order valence-corrected chi connectivity index (χ1v) is 13.8. The summed E-state index contributed by atoms with van der Waals surface area (Å²) in [4.78, 5) is 18.5. The number of aryl methyl sites for hydroxylation is 2. The first-order chi connectivity index (χ1) is 18.3. The van der Waals surface area contributed by atoms with Gasteiger partial charge in [0.15, 0.2) is 11.4 Å². The van der Waals surface area contributed by atoms with Crippen molar-refractivity contribution in [2.75, 3.05) is 17.2 Å². The number of nitrogens with one attached hydrogen (secondary N) is 2. The number of fused-ring (bicyclic) bond motifs is 2. The van der Waals surface area contributed by atoms with Gasteiger partial charge in [0.1, 0.15) is 22.7 Å². The Hall–Kier alpha value is -3.12. The van der Waals surface area contributed by atoms with Crippen LogP contribution in [0.25, 0.3) is 22.3 Å². The number of furan rings is 1. The Balaban J connectivity index is 1.38. The zero-order valence-electron chi connectivity index (χ0n) is 21.9. The summed E-state index contributed by atoms with van der Waals surface area (Å²) in [5, 5.41) is 20.9. The molecule has 38 heavy (non-hydrogen) atoms. The van der Waals surface area contributed by atoms with Crippen molar-refractivity contribution in [1.29, 1.82) is 0 Å². The molecule has 10 nitrogen and oxygen atoms in total. The van der Waals surface area contributed by atoms with E-state index in [1.54, 1.807) is 23.7 Å². The predicted octanol–water partition coefficient (Wildman–Crippen LogP) is 4.54. The lowest BCUT2D eigenvalue weighted by Gasteiger charge is -2.25. The average Bonchev–Trinajstić information content (AvgIpc) is 3.66. The topological polar surface area (TPSA) is 127 Å². The highest BCUT2D eigenvalue weighted by atomic mass is 32.1. The second kappa shape index (κ2) is 9.88. The molecule has 1 aliphatic heterocycles. The van der Waals surface area contributed by atoms with E-state index in [1.165, 1.54) is 0 Å². The highest BCUT2D eigenvalue weighted by molar-refractivity contribution is 7.09. The summed E-state index contributed by atoms with van der Waals surface area (Å²) in [6, 6.07) is 3.95. The molecule has 5 heterocycles. The van der Waals surface area contributed by atoms with Gasteiger partial charge in [-0.05, 0) is 45.7 Å². The van der Waals surface area contributed by atoms with Crippen LogP contribution in [0.3, 0.4) is 0 Å². The van der Waals surface area contributed by atoms with E-state index in [0.29, 0.717) is 36.1 Å². The maximum Gasteiger partial charge on any atom is 0.225 e. The molecule has 0 amide bonds. The van der Waals surface area contributed by atoms with Gasteiger partial charge in [0.05, 0.1) is 36.1 Å². The molecular formula is C27H32N6O4S. The smallest absolute Gasteiger partial charge is 0.225 e. The Morgan fingerprint density at radius 1 is 1.16 bits per heavy atom. The van der Waals surface area contributed by atoms with E-state index in [9.17, 15) is 5.11 Å². The standard InChI is InChI=1S/C27H32N6O4S/c1-5-17-8-15-10-19(35-20(15)11-29-17)22-14(2)31-26(30-12-21-28-6-7-38-21)33-25(22)32-18-9-16(13-34)23-24(18)37-27(3,4)36-23/h6-8,10-11,16,18,23-24,34H,5,9,12-13H2,1-4H3,(H2,30,31,32,33)/t16-,18?,23-,24+/m1/s1. The Kier molecular flexibility index (Phi) is 6.55. The Morgan fingerprint density at radius 2 is 2.00 bits per heavy atom. The van der Waals surface area contributed by atoms with Crippen LogP contribution in [0.2, 0.25) is 0 Å². The zero-order chi connectivity index (χ0) is 26.4. The van der Waals surface area contributed by atoms with Crippen molar-refractivity contribution in [2.24, 2.45) is 5.92 Å². The van der Waals surface area contributed by atoms with Crippen LogP contribution in [0.4, 0.5) is 11.8 Å². The summed E-state index contributed by atoms with van der Waals surface area (Å²) in [6.45, 7) is 8.40.